The van der Waals surface area contributed by atoms with Crippen molar-refractivity contribution in [1.29, 1.82) is 0 Å². The summed E-state index contributed by atoms with van der Waals surface area (Å²) in [5, 5.41) is 9.49. The van der Waals surface area contributed by atoms with Crippen LogP contribution in [0.25, 0.3) is 0 Å². The van der Waals surface area contributed by atoms with Crippen molar-refractivity contribution in [2.24, 2.45) is 5.73 Å². The number of nitrogens with two attached hydrogens (primary N) is 1. The van der Waals surface area contributed by atoms with Crippen LogP contribution in [-0.4, -0.2) is 35.5 Å². The highest BCUT2D eigenvalue weighted by molar-refractivity contribution is 5.96. The van der Waals surface area contributed by atoms with Crippen LogP contribution in [-0.2, 0) is 0 Å². The molecular formula is C12H17FN2O2. The van der Waals surface area contributed by atoms with Crippen LogP contribution in [0, 0.1) is 5.82 Å². The molecule has 0 aliphatic rings. The van der Waals surface area contributed by atoms with E-state index >= 15 is 0 Å². The lowest BCUT2D eigenvalue weighted by Gasteiger charge is -2.18. The van der Waals surface area contributed by atoms with E-state index in [1.165, 1.54) is 11.0 Å². The molecule has 4 nitrogen and oxygen atoms in total. The Kier molecular flexibility index (Phi) is 4.45. The molecule has 1 aromatic carbocycles. The fourth-order valence-electron chi connectivity index (χ4n) is 1.38. The van der Waals surface area contributed by atoms with Crippen LogP contribution in [0.15, 0.2) is 18.2 Å². The predicted molar refractivity (Wildman–Crippen MR) is 63.3 cm³/mol. The lowest BCUT2D eigenvalue weighted by Crippen LogP contribution is -2.31. The van der Waals surface area contributed by atoms with Crippen LogP contribution in [0.2, 0.25) is 0 Å². The van der Waals surface area contributed by atoms with E-state index in [0.29, 0.717) is 13.0 Å². The zero-order chi connectivity index (χ0) is 13.0. The normalized spacial score (nSPS) is 12.2. The lowest BCUT2D eigenvalue weighted by molar-refractivity contribution is 0.0788. The summed E-state index contributed by atoms with van der Waals surface area (Å²) in [5.41, 5.74) is 5.56. The molecule has 0 saturated carbocycles. The number of benzene rings is 1. The molecule has 0 aromatic heterocycles. The second kappa shape index (κ2) is 5.63. The van der Waals surface area contributed by atoms with Gasteiger partial charge in [0.25, 0.3) is 5.91 Å². The first-order chi connectivity index (χ1) is 7.91. The molecule has 1 aromatic rings. The van der Waals surface area contributed by atoms with Crippen LogP contribution in [0.4, 0.5) is 4.39 Å². The van der Waals surface area contributed by atoms with E-state index in [2.05, 4.69) is 0 Å². The first-order valence-electron chi connectivity index (χ1n) is 5.41. The van der Waals surface area contributed by atoms with E-state index < -0.39 is 11.7 Å². The Morgan fingerprint density at radius 2 is 2.24 bits per heavy atom. The van der Waals surface area contributed by atoms with Crippen molar-refractivity contribution < 1.29 is 14.3 Å². The molecule has 0 aliphatic carbocycles. The van der Waals surface area contributed by atoms with E-state index in [1.54, 1.807) is 7.05 Å². The largest absolute Gasteiger partial charge is 0.507 e. The van der Waals surface area contributed by atoms with Crippen LogP contribution >= 0.6 is 0 Å². The molecule has 94 valence electrons. The Morgan fingerprint density at radius 1 is 1.59 bits per heavy atom. The third kappa shape index (κ3) is 3.71. The molecular weight excluding hydrogens is 223 g/mol. The van der Waals surface area contributed by atoms with Crippen LogP contribution in [0.3, 0.4) is 0 Å². The van der Waals surface area contributed by atoms with Gasteiger partial charge >= 0.3 is 0 Å². The molecule has 5 heteroatoms. The van der Waals surface area contributed by atoms with Crippen LogP contribution in [0.5, 0.6) is 5.75 Å². The molecule has 1 amide bonds. The number of carbonyl (C=O) groups excluding carboxylic acids is 1. The molecule has 0 spiro atoms. The molecule has 0 aliphatic heterocycles. The van der Waals surface area contributed by atoms with Gasteiger partial charge in [0.1, 0.15) is 11.6 Å². The SMILES string of the molecule is CC(N)CCN(C)C(=O)c1cc(F)ccc1O. The monoisotopic (exact) mass is 240 g/mol. The third-order valence-corrected chi connectivity index (χ3v) is 2.46. The van der Waals surface area contributed by atoms with Crippen molar-refractivity contribution in [2.45, 2.75) is 19.4 Å². The van der Waals surface area contributed by atoms with E-state index in [1.807, 2.05) is 6.92 Å². The topological polar surface area (TPSA) is 66.6 Å². The highest BCUT2D eigenvalue weighted by Crippen LogP contribution is 2.19. The number of aromatic hydroxyl groups is 1. The average molecular weight is 240 g/mol. The molecule has 0 radical (unpaired) electrons. The minimum atomic E-state index is -0.549. The number of rotatable bonds is 4. The molecule has 1 atom stereocenters. The number of amides is 1. The maximum atomic E-state index is 13.0. The fraction of sp³-hybridized carbons (Fsp3) is 0.417. The van der Waals surface area contributed by atoms with Crippen molar-refractivity contribution >= 4 is 5.91 Å². The smallest absolute Gasteiger partial charge is 0.257 e. The van der Waals surface area contributed by atoms with Crippen molar-refractivity contribution in [3.63, 3.8) is 0 Å². The third-order valence-electron chi connectivity index (χ3n) is 2.46. The Labute approximate surface area is 99.8 Å². The summed E-state index contributed by atoms with van der Waals surface area (Å²) >= 11 is 0. The van der Waals surface area contributed by atoms with E-state index in [-0.39, 0.29) is 17.4 Å². The van der Waals surface area contributed by atoms with Gasteiger partial charge in [-0.3, -0.25) is 4.79 Å². The van der Waals surface area contributed by atoms with Crippen LogP contribution in [0.1, 0.15) is 23.7 Å². The Hall–Kier alpha value is -1.62. The summed E-state index contributed by atoms with van der Waals surface area (Å²) in [4.78, 5) is 13.3. The highest BCUT2D eigenvalue weighted by Gasteiger charge is 2.16. The Morgan fingerprint density at radius 3 is 2.82 bits per heavy atom. The second-order valence-corrected chi connectivity index (χ2v) is 4.15. The summed E-state index contributed by atoms with van der Waals surface area (Å²) in [5.74, 6) is -1.18. The molecule has 17 heavy (non-hydrogen) atoms. The van der Waals surface area contributed by atoms with Crippen molar-refractivity contribution in [1.82, 2.24) is 4.90 Å². The van der Waals surface area contributed by atoms with Gasteiger partial charge < -0.3 is 15.7 Å². The number of hydrogen-bond donors (Lipinski definition) is 2. The molecule has 1 unspecified atom stereocenters. The van der Waals surface area contributed by atoms with Gasteiger partial charge in [-0.2, -0.15) is 0 Å². The summed E-state index contributed by atoms with van der Waals surface area (Å²) in [7, 11) is 1.59. The minimum Gasteiger partial charge on any atom is -0.507 e. The number of phenolic OH excluding ortho intramolecular Hbond substituents is 1. The molecule has 0 fully saturated rings. The molecule has 1 rings (SSSR count). The maximum absolute atomic E-state index is 13.0. The van der Waals surface area contributed by atoms with Gasteiger partial charge in [-0.05, 0) is 31.5 Å². The summed E-state index contributed by atoms with van der Waals surface area (Å²) in [6.45, 7) is 2.31. The van der Waals surface area contributed by atoms with E-state index in [9.17, 15) is 14.3 Å². The Bertz CT molecular complexity index is 407. The average Bonchev–Trinajstić information content (AvgIpc) is 2.28. The predicted octanol–water partition coefficient (Wildman–Crippen LogP) is 1.34. The van der Waals surface area contributed by atoms with Gasteiger partial charge in [0.05, 0.1) is 5.56 Å². The van der Waals surface area contributed by atoms with Crippen molar-refractivity contribution in [3.8, 4) is 5.75 Å². The van der Waals surface area contributed by atoms with Crippen LogP contribution < -0.4 is 5.73 Å². The highest BCUT2D eigenvalue weighted by atomic mass is 19.1. The van der Waals surface area contributed by atoms with Gasteiger partial charge in [0, 0.05) is 19.6 Å². The second-order valence-electron chi connectivity index (χ2n) is 4.15. The molecule has 0 heterocycles. The molecule has 0 saturated heterocycles. The molecule has 0 bridgehead atoms. The first kappa shape index (κ1) is 13.4. The quantitative estimate of drug-likeness (QED) is 0.834. The van der Waals surface area contributed by atoms with Gasteiger partial charge in [-0.25, -0.2) is 4.39 Å². The number of halogens is 1. The van der Waals surface area contributed by atoms with E-state index in [0.717, 1.165) is 12.1 Å². The fourth-order valence-corrected chi connectivity index (χ4v) is 1.38. The van der Waals surface area contributed by atoms with Gasteiger partial charge in [-0.1, -0.05) is 0 Å². The zero-order valence-electron chi connectivity index (χ0n) is 9.98. The number of nitrogens with zero attached hydrogens (tertiary/aromatic N) is 1. The first-order valence-corrected chi connectivity index (χ1v) is 5.41. The summed E-state index contributed by atoms with van der Waals surface area (Å²) in [6.07, 6.45) is 0.651. The number of carbonyl (C=O) groups is 1. The minimum absolute atomic E-state index is 0.00800. The number of hydrogen-bond acceptors (Lipinski definition) is 3. The number of phenols is 1. The Balaban J connectivity index is 2.78. The van der Waals surface area contributed by atoms with E-state index in [4.69, 9.17) is 5.73 Å². The van der Waals surface area contributed by atoms with Crippen molar-refractivity contribution in [3.05, 3.63) is 29.6 Å². The summed E-state index contributed by atoms with van der Waals surface area (Å²) < 4.78 is 13.0. The van der Waals surface area contributed by atoms with Gasteiger partial charge in [0.2, 0.25) is 0 Å². The zero-order valence-corrected chi connectivity index (χ0v) is 9.98. The molecule has 3 N–H and O–H groups in total. The standard InChI is InChI=1S/C12H17FN2O2/c1-8(14)5-6-15(2)12(17)10-7-9(13)3-4-11(10)16/h3-4,7-8,16H,5-6,14H2,1-2H3. The summed E-state index contributed by atoms with van der Waals surface area (Å²) in [6, 6.07) is 3.29. The van der Waals surface area contributed by atoms with Gasteiger partial charge in [-0.15, -0.1) is 0 Å². The van der Waals surface area contributed by atoms with Crippen molar-refractivity contribution in [2.75, 3.05) is 13.6 Å². The lowest BCUT2D eigenvalue weighted by atomic mass is 10.1. The van der Waals surface area contributed by atoms with Gasteiger partial charge in [0.15, 0.2) is 0 Å². The maximum Gasteiger partial charge on any atom is 0.257 e.